The Bertz CT molecular complexity index is 1140. The lowest BCUT2D eigenvalue weighted by Gasteiger charge is -2.35. The first-order valence-corrected chi connectivity index (χ1v) is 13.0. The van der Waals surface area contributed by atoms with E-state index in [-0.39, 0.29) is 23.9 Å². The third-order valence-corrected chi connectivity index (χ3v) is 7.69. The maximum Gasteiger partial charge on any atom is 0.273 e. The largest absolute Gasteiger partial charge is 0.496 e. The zero-order chi connectivity index (χ0) is 25.4. The maximum absolute atomic E-state index is 13.4. The Balaban J connectivity index is 1.50. The predicted molar refractivity (Wildman–Crippen MR) is 139 cm³/mol. The molecule has 0 aliphatic carbocycles. The third-order valence-electron chi connectivity index (χ3n) is 7.69. The normalized spacial score (nSPS) is 19.9. The summed E-state index contributed by atoms with van der Waals surface area (Å²) in [6, 6.07) is 8.54. The molecule has 1 unspecified atom stereocenters. The minimum Gasteiger partial charge on any atom is -0.496 e. The molecule has 4 heterocycles. The van der Waals surface area contributed by atoms with Crippen LogP contribution < -0.4 is 14.5 Å². The Kier molecular flexibility index (Phi) is 6.73. The van der Waals surface area contributed by atoms with E-state index in [1.54, 1.807) is 14.0 Å². The molecule has 1 aromatic carbocycles. The number of hydrogen-bond acceptors (Lipinski definition) is 7. The van der Waals surface area contributed by atoms with Gasteiger partial charge in [-0.25, -0.2) is 4.98 Å². The summed E-state index contributed by atoms with van der Waals surface area (Å²) in [7, 11) is 1.72. The molecule has 3 aliphatic heterocycles. The van der Waals surface area contributed by atoms with Crippen molar-refractivity contribution >= 4 is 23.6 Å². The maximum atomic E-state index is 13.4. The molecule has 192 valence electrons. The van der Waals surface area contributed by atoms with Crippen LogP contribution in [0.4, 0.5) is 11.8 Å². The highest BCUT2D eigenvalue weighted by molar-refractivity contribution is 5.98. The highest BCUT2D eigenvalue weighted by atomic mass is 16.5. The summed E-state index contributed by atoms with van der Waals surface area (Å²) in [5, 5.41) is 0. The van der Waals surface area contributed by atoms with Gasteiger partial charge in [0.2, 0.25) is 11.9 Å². The van der Waals surface area contributed by atoms with Crippen molar-refractivity contribution in [2.24, 2.45) is 0 Å². The topological polar surface area (TPSA) is 82.1 Å². The Morgan fingerprint density at radius 3 is 2.56 bits per heavy atom. The SMILES string of the molecule is COc1ccccc1CC1CCCN1c1nc(N2CCN(C(C)=O)CC2)nc2c1CN(C(C)C)C2=O. The van der Waals surface area contributed by atoms with Crippen LogP contribution in [0.2, 0.25) is 0 Å². The number of aromatic nitrogens is 2. The van der Waals surface area contributed by atoms with Crippen LogP contribution in [-0.4, -0.2) is 83.5 Å². The van der Waals surface area contributed by atoms with Crippen LogP contribution in [0, 0.1) is 0 Å². The van der Waals surface area contributed by atoms with Crippen molar-refractivity contribution in [1.82, 2.24) is 19.8 Å². The summed E-state index contributed by atoms with van der Waals surface area (Å²) >= 11 is 0. The lowest BCUT2D eigenvalue weighted by Crippen LogP contribution is -2.48. The van der Waals surface area contributed by atoms with E-state index in [0.29, 0.717) is 44.4 Å². The van der Waals surface area contributed by atoms with Crippen molar-refractivity contribution in [2.45, 2.75) is 58.7 Å². The van der Waals surface area contributed by atoms with E-state index < -0.39 is 0 Å². The number of carbonyl (C=O) groups excluding carboxylic acids is 2. The summed E-state index contributed by atoms with van der Waals surface area (Å²) < 4.78 is 5.62. The number of carbonyl (C=O) groups is 2. The first kappa shape index (κ1) is 24.3. The zero-order valence-electron chi connectivity index (χ0n) is 21.7. The molecule has 1 atom stereocenters. The Hall–Kier alpha value is -3.36. The molecule has 0 spiro atoms. The summed E-state index contributed by atoms with van der Waals surface area (Å²) in [4.78, 5) is 43.3. The van der Waals surface area contributed by atoms with Gasteiger partial charge in [0.1, 0.15) is 17.3 Å². The lowest BCUT2D eigenvalue weighted by atomic mass is 10.0. The molecule has 0 radical (unpaired) electrons. The number of fused-ring (bicyclic) bond motifs is 1. The first-order chi connectivity index (χ1) is 17.4. The predicted octanol–water partition coefficient (Wildman–Crippen LogP) is 2.73. The number of anilines is 2. The van der Waals surface area contributed by atoms with Crippen molar-refractivity contribution < 1.29 is 14.3 Å². The molecule has 5 rings (SSSR count). The zero-order valence-corrected chi connectivity index (χ0v) is 21.7. The van der Waals surface area contributed by atoms with E-state index in [1.165, 1.54) is 5.56 Å². The number of rotatable bonds is 6. The number of amides is 2. The Morgan fingerprint density at radius 2 is 1.86 bits per heavy atom. The van der Waals surface area contributed by atoms with Crippen LogP contribution in [-0.2, 0) is 17.8 Å². The second-order valence-electron chi connectivity index (χ2n) is 10.2. The Labute approximate surface area is 213 Å². The van der Waals surface area contributed by atoms with Gasteiger partial charge in [-0.05, 0) is 44.7 Å². The highest BCUT2D eigenvalue weighted by Crippen LogP contribution is 2.37. The molecule has 36 heavy (non-hydrogen) atoms. The van der Waals surface area contributed by atoms with Gasteiger partial charge < -0.3 is 24.3 Å². The molecule has 0 bridgehead atoms. The van der Waals surface area contributed by atoms with E-state index in [0.717, 1.165) is 42.9 Å². The van der Waals surface area contributed by atoms with Crippen LogP contribution in [0.1, 0.15) is 55.2 Å². The third kappa shape index (κ3) is 4.47. The van der Waals surface area contributed by atoms with Gasteiger partial charge in [-0.3, -0.25) is 9.59 Å². The van der Waals surface area contributed by atoms with Gasteiger partial charge >= 0.3 is 0 Å². The molecule has 0 N–H and O–H groups in total. The molecule has 2 saturated heterocycles. The molecule has 0 saturated carbocycles. The number of nitrogens with zero attached hydrogens (tertiary/aromatic N) is 6. The fraction of sp³-hybridized carbons (Fsp3) is 0.556. The molecule has 1 aromatic heterocycles. The highest BCUT2D eigenvalue weighted by Gasteiger charge is 2.38. The van der Waals surface area contributed by atoms with Crippen LogP contribution in [0.15, 0.2) is 24.3 Å². The van der Waals surface area contributed by atoms with Crippen LogP contribution >= 0.6 is 0 Å². The number of ether oxygens (including phenoxy) is 1. The number of methoxy groups -OCH3 is 1. The van der Waals surface area contributed by atoms with Crippen molar-refractivity contribution in [3.8, 4) is 5.75 Å². The van der Waals surface area contributed by atoms with Gasteiger partial charge in [-0.2, -0.15) is 4.98 Å². The lowest BCUT2D eigenvalue weighted by molar-refractivity contribution is -0.129. The van der Waals surface area contributed by atoms with Gasteiger partial charge in [0, 0.05) is 57.3 Å². The molecule has 9 heteroatoms. The van der Waals surface area contributed by atoms with Crippen molar-refractivity contribution in [3.63, 3.8) is 0 Å². The van der Waals surface area contributed by atoms with E-state index in [9.17, 15) is 9.59 Å². The average Bonchev–Trinajstić information content (AvgIpc) is 3.48. The quantitative estimate of drug-likeness (QED) is 0.613. The van der Waals surface area contributed by atoms with Crippen LogP contribution in [0.25, 0.3) is 0 Å². The molecule has 2 amide bonds. The van der Waals surface area contributed by atoms with E-state index in [4.69, 9.17) is 14.7 Å². The summed E-state index contributed by atoms with van der Waals surface area (Å²) in [6.45, 7) is 9.71. The fourth-order valence-corrected chi connectivity index (χ4v) is 5.63. The number of piperazine rings is 1. The van der Waals surface area contributed by atoms with Gasteiger partial charge in [0.25, 0.3) is 5.91 Å². The second-order valence-corrected chi connectivity index (χ2v) is 10.2. The summed E-state index contributed by atoms with van der Waals surface area (Å²) in [6.07, 6.45) is 3.00. The monoisotopic (exact) mass is 492 g/mol. The molecule has 2 fully saturated rings. The number of hydrogen-bond donors (Lipinski definition) is 0. The van der Waals surface area contributed by atoms with Gasteiger partial charge in [0.15, 0.2) is 0 Å². The van der Waals surface area contributed by atoms with E-state index >= 15 is 0 Å². The van der Waals surface area contributed by atoms with E-state index in [2.05, 4.69) is 21.9 Å². The van der Waals surface area contributed by atoms with Crippen molar-refractivity contribution in [1.29, 1.82) is 0 Å². The molecular formula is C27H36N6O3. The van der Waals surface area contributed by atoms with Gasteiger partial charge in [-0.15, -0.1) is 0 Å². The van der Waals surface area contributed by atoms with Gasteiger partial charge in [0.05, 0.1) is 13.7 Å². The minimum absolute atomic E-state index is 0.0206. The summed E-state index contributed by atoms with van der Waals surface area (Å²) in [5.41, 5.74) is 2.65. The minimum atomic E-state index is -0.0206. The van der Waals surface area contributed by atoms with Crippen molar-refractivity contribution in [3.05, 3.63) is 41.1 Å². The standard InChI is InChI=1S/C27H36N6O3/c1-18(2)33-17-22-24(26(33)35)28-27(31-14-12-30(13-15-31)19(3)34)29-25(22)32-11-7-9-21(32)16-20-8-5-6-10-23(20)36-4/h5-6,8,10,18,21H,7,9,11-17H2,1-4H3. The molecule has 3 aliphatic rings. The van der Waals surface area contributed by atoms with Gasteiger partial charge in [-0.1, -0.05) is 18.2 Å². The van der Waals surface area contributed by atoms with Crippen molar-refractivity contribution in [2.75, 3.05) is 49.6 Å². The molecular weight excluding hydrogens is 456 g/mol. The van der Waals surface area contributed by atoms with Crippen LogP contribution in [0.3, 0.4) is 0 Å². The first-order valence-electron chi connectivity index (χ1n) is 13.0. The number of para-hydroxylation sites is 1. The smallest absolute Gasteiger partial charge is 0.273 e. The Morgan fingerprint density at radius 1 is 1.11 bits per heavy atom. The summed E-state index contributed by atoms with van der Waals surface area (Å²) in [5.74, 6) is 2.45. The van der Waals surface area contributed by atoms with Crippen LogP contribution in [0.5, 0.6) is 5.75 Å². The molecule has 9 nitrogen and oxygen atoms in total. The number of benzene rings is 1. The second kappa shape index (κ2) is 9.95. The fourth-order valence-electron chi connectivity index (χ4n) is 5.63. The molecule has 2 aromatic rings. The average molecular weight is 493 g/mol. The van der Waals surface area contributed by atoms with E-state index in [1.807, 2.05) is 35.8 Å².